The molecule has 3 aromatic rings. The Morgan fingerprint density at radius 3 is 2.88 bits per heavy atom. The van der Waals surface area contributed by atoms with Crippen molar-refractivity contribution in [2.24, 2.45) is 5.73 Å². The molecule has 3 N–H and O–H groups in total. The quantitative estimate of drug-likeness (QED) is 0.768. The third-order valence-corrected chi connectivity index (χ3v) is 4.53. The number of carbonyl (C=O) groups is 1. The molecular weight excluding hydrogens is 316 g/mol. The van der Waals surface area contributed by atoms with E-state index >= 15 is 0 Å². The Balaban J connectivity index is 1.96. The minimum Gasteiger partial charge on any atom is -0.488 e. The number of nitrogens with zero attached hydrogens (tertiary/aromatic N) is 1. The number of aromatic carboxylic acids is 1. The number of nitrogens with two attached hydrogens (primary N) is 1. The molecule has 0 saturated carbocycles. The van der Waals surface area contributed by atoms with Crippen LogP contribution in [-0.2, 0) is 6.42 Å². The lowest BCUT2D eigenvalue weighted by Crippen LogP contribution is -2.24. The first-order valence-corrected chi connectivity index (χ1v) is 8.20. The SMILES string of the molecule is Cc1cc2c(c(-c3cc(C(=O)O)c4ccccc4n3)c1)OC(CN)C2. The summed E-state index contributed by atoms with van der Waals surface area (Å²) in [6, 6.07) is 13.0. The van der Waals surface area contributed by atoms with Gasteiger partial charge in [-0.1, -0.05) is 24.3 Å². The van der Waals surface area contributed by atoms with Gasteiger partial charge in [-0.25, -0.2) is 9.78 Å². The van der Waals surface area contributed by atoms with Crippen molar-refractivity contribution in [1.29, 1.82) is 0 Å². The van der Waals surface area contributed by atoms with Crippen molar-refractivity contribution in [3.05, 3.63) is 59.2 Å². The number of carboxylic acid groups (broad SMARTS) is 1. The van der Waals surface area contributed by atoms with E-state index in [2.05, 4.69) is 11.1 Å². The summed E-state index contributed by atoms with van der Waals surface area (Å²) >= 11 is 0. The maximum Gasteiger partial charge on any atom is 0.336 e. The van der Waals surface area contributed by atoms with Crippen LogP contribution in [0.15, 0.2) is 42.5 Å². The number of ether oxygens (including phenoxy) is 1. The van der Waals surface area contributed by atoms with Gasteiger partial charge in [0.05, 0.1) is 16.8 Å². The first-order chi connectivity index (χ1) is 12.1. The number of para-hydroxylation sites is 1. The molecule has 126 valence electrons. The molecule has 0 aliphatic carbocycles. The van der Waals surface area contributed by atoms with Gasteiger partial charge in [-0.15, -0.1) is 0 Å². The van der Waals surface area contributed by atoms with E-state index < -0.39 is 5.97 Å². The lowest BCUT2D eigenvalue weighted by atomic mass is 9.98. The Labute approximate surface area is 145 Å². The number of aromatic nitrogens is 1. The van der Waals surface area contributed by atoms with E-state index in [0.717, 1.165) is 28.9 Å². The molecule has 1 unspecified atom stereocenters. The van der Waals surface area contributed by atoms with Crippen LogP contribution in [0.4, 0.5) is 0 Å². The van der Waals surface area contributed by atoms with Crippen LogP contribution in [-0.4, -0.2) is 28.7 Å². The number of pyridine rings is 1. The van der Waals surface area contributed by atoms with Crippen molar-refractivity contribution in [3.63, 3.8) is 0 Å². The number of carboxylic acids is 1. The van der Waals surface area contributed by atoms with Crippen molar-refractivity contribution < 1.29 is 14.6 Å². The molecule has 1 atom stereocenters. The van der Waals surface area contributed by atoms with Gasteiger partial charge < -0.3 is 15.6 Å². The summed E-state index contributed by atoms with van der Waals surface area (Å²) in [4.78, 5) is 16.4. The molecule has 2 aromatic carbocycles. The minimum absolute atomic E-state index is 0.0463. The first kappa shape index (κ1) is 15.6. The molecule has 1 aromatic heterocycles. The number of hydrogen-bond donors (Lipinski definition) is 2. The molecule has 2 heterocycles. The number of aryl methyl sites for hydroxylation is 1. The molecule has 0 fully saturated rings. The van der Waals surface area contributed by atoms with Crippen LogP contribution < -0.4 is 10.5 Å². The fourth-order valence-electron chi connectivity index (χ4n) is 3.40. The fraction of sp³-hybridized carbons (Fsp3) is 0.200. The number of hydrogen-bond acceptors (Lipinski definition) is 4. The molecular formula is C20H18N2O3. The van der Waals surface area contributed by atoms with Crippen LogP contribution in [0, 0.1) is 6.92 Å². The van der Waals surface area contributed by atoms with E-state index in [9.17, 15) is 9.90 Å². The predicted molar refractivity (Wildman–Crippen MR) is 96.0 cm³/mol. The van der Waals surface area contributed by atoms with Gasteiger partial charge in [0.2, 0.25) is 0 Å². The second-order valence-corrected chi connectivity index (χ2v) is 6.36. The Morgan fingerprint density at radius 2 is 2.12 bits per heavy atom. The van der Waals surface area contributed by atoms with E-state index in [4.69, 9.17) is 10.5 Å². The van der Waals surface area contributed by atoms with Crippen molar-refractivity contribution in [1.82, 2.24) is 4.98 Å². The molecule has 5 heteroatoms. The summed E-state index contributed by atoms with van der Waals surface area (Å²) in [7, 11) is 0. The monoisotopic (exact) mass is 334 g/mol. The predicted octanol–water partition coefficient (Wildman–Crippen LogP) is 3.17. The van der Waals surface area contributed by atoms with E-state index in [1.807, 2.05) is 31.2 Å². The maximum absolute atomic E-state index is 11.7. The highest BCUT2D eigenvalue weighted by atomic mass is 16.5. The zero-order valence-corrected chi connectivity index (χ0v) is 13.8. The van der Waals surface area contributed by atoms with Crippen LogP contribution in [0.1, 0.15) is 21.5 Å². The number of benzene rings is 2. The largest absolute Gasteiger partial charge is 0.488 e. The summed E-state index contributed by atoms with van der Waals surface area (Å²) < 4.78 is 6.00. The standard InChI is InChI=1S/C20H18N2O3/c1-11-6-12-8-13(10-21)25-19(12)16(7-11)18-9-15(20(23)24)14-4-2-3-5-17(14)22-18/h2-7,9,13H,8,10,21H2,1H3,(H,23,24). The smallest absolute Gasteiger partial charge is 0.336 e. The normalized spacial score (nSPS) is 15.8. The molecule has 1 aliphatic heterocycles. The highest BCUT2D eigenvalue weighted by Crippen LogP contribution is 2.40. The number of fused-ring (bicyclic) bond motifs is 2. The second-order valence-electron chi connectivity index (χ2n) is 6.36. The van der Waals surface area contributed by atoms with Gasteiger partial charge >= 0.3 is 5.97 Å². The third kappa shape index (κ3) is 2.62. The van der Waals surface area contributed by atoms with Gasteiger partial charge in [-0.3, -0.25) is 0 Å². The second kappa shape index (κ2) is 5.86. The average Bonchev–Trinajstić information content (AvgIpc) is 3.02. The Kier molecular flexibility index (Phi) is 3.66. The van der Waals surface area contributed by atoms with Crippen LogP contribution in [0.3, 0.4) is 0 Å². The zero-order chi connectivity index (χ0) is 17.6. The summed E-state index contributed by atoms with van der Waals surface area (Å²) in [6.45, 7) is 2.46. The van der Waals surface area contributed by atoms with E-state index in [1.165, 1.54) is 0 Å². The Bertz CT molecular complexity index is 998. The van der Waals surface area contributed by atoms with Crippen molar-refractivity contribution in [2.45, 2.75) is 19.4 Å². The van der Waals surface area contributed by atoms with E-state index in [0.29, 0.717) is 23.1 Å². The maximum atomic E-state index is 11.7. The average molecular weight is 334 g/mol. The van der Waals surface area contributed by atoms with Gasteiger partial charge in [0.1, 0.15) is 11.9 Å². The molecule has 0 bridgehead atoms. The van der Waals surface area contributed by atoms with Gasteiger partial charge in [0.15, 0.2) is 0 Å². The van der Waals surface area contributed by atoms with E-state index in [1.54, 1.807) is 12.1 Å². The Morgan fingerprint density at radius 1 is 1.32 bits per heavy atom. The zero-order valence-electron chi connectivity index (χ0n) is 13.8. The highest BCUT2D eigenvalue weighted by Gasteiger charge is 2.26. The van der Waals surface area contributed by atoms with Crippen LogP contribution >= 0.6 is 0 Å². The van der Waals surface area contributed by atoms with Crippen LogP contribution in [0.2, 0.25) is 0 Å². The van der Waals surface area contributed by atoms with Crippen LogP contribution in [0.25, 0.3) is 22.2 Å². The third-order valence-electron chi connectivity index (χ3n) is 4.53. The lowest BCUT2D eigenvalue weighted by molar-refractivity contribution is 0.0699. The molecule has 25 heavy (non-hydrogen) atoms. The summed E-state index contributed by atoms with van der Waals surface area (Å²) in [5.41, 5.74) is 10.3. The lowest BCUT2D eigenvalue weighted by Gasteiger charge is -2.13. The molecule has 5 nitrogen and oxygen atoms in total. The summed E-state index contributed by atoms with van der Waals surface area (Å²) in [5, 5.41) is 10.2. The first-order valence-electron chi connectivity index (χ1n) is 8.20. The van der Waals surface area contributed by atoms with Gasteiger partial charge in [-0.05, 0) is 36.2 Å². The molecule has 0 saturated heterocycles. The minimum atomic E-state index is -0.968. The van der Waals surface area contributed by atoms with Crippen LogP contribution in [0.5, 0.6) is 5.75 Å². The van der Waals surface area contributed by atoms with Crippen molar-refractivity contribution in [2.75, 3.05) is 6.54 Å². The van der Waals surface area contributed by atoms with Gasteiger partial charge in [-0.2, -0.15) is 0 Å². The van der Waals surface area contributed by atoms with E-state index in [-0.39, 0.29) is 11.7 Å². The molecule has 0 spiro atoms. The molecule has 0 radical (unpaired) electrons. The fourth-order valence-corrected chi connectivity index (χ4v) is 3.40. The van der Waals surface area contributed by atoms with Gasteiger partial charge in [0, 0.05) is 23.9 Å². The highest BCUT2D eigenvalue weighted by molar-refractivity contribution is 6.03. The molecule has 4 rings (SSSR count). The number of rotatable bonds is 3. The Hall–Kier alpha value is -2.92. The molecule has 1 aliphatic rings. The summed E-state index contributed by atoms with van der Waals surface area (Å²) in [5.74, 6) is -0.204. The van der Waals surface area contributed by atoms with Crippen molar-refractivity contribution in [3.8, 4) is 17.0 Å². The van der Waals surface area contributed by atoms with Gasteiger partial charge in [0.25, 0.3) is 0 Å². The topological polar surface area (TPSA) is 85.4 Å². The van der Waals surface area contributed by atoms with Crippen molar-refractivity contribution >= 4 is 16.9 Å². The molecule has 0 amide bonds. The summed E-state index contributed by atoms with van der Waals surface area (Å²) in [6.07, 6.45) is 0.717.